The number of halogens is 1. The highest BCUT2D eigenvalue weighted by molar-refractivity contribution is 7.16. The molecule has 0 aliphatic heterocycles. The molecule has 7 heteroatoms. The van der Waals surface area contributed by atoms with E-state index in [1.165, 1.54) is 11.3 Å². The molecule has 0 aliphatic rings. The third kappa shape index (κ3) is 3.88. The molecule has 2 aromatic heterocycles. The molecule has 22 heavy (non-hydrogen) atoms. The lowest BCUT2D eigenvalue weighted by molar-refractivity contribution is 0.0916. The van der Waals surface area contributed by atoms with E-state index in [1.807, 2.05) is 20.8 Å². The zero-order valence-electron chi connectivity index (χ0n) is 13.1. The molecule has 2 aromatic rings. The van der Waals surface area contributed by atoms with Crippen molar-refractivity contribution in [2.75, 3.05) is 6.54 Å². The largest absolute Gasteiger partial charge is 0.386 e. The number of aromatic nitrogens is 2. The summed E-state index contributed by atoms with van der Waals surface area (Å²) in [6, 6.07) is 3.49. The summed E-state index contributed by atoms with van der Waals surface area (Å²) in [7, 11) is 1.79. The number of rotatable bonds is 4. The molecule has 0 radical (unpaired) electrons. The fourth-order valence-electron chi connectivity index (χ4n) is 2.10. The van der Waals surface area contributed by atoms with E-state index in [4.69, 9.17) is 11.6 Å². The van der Waals surface area contributed by atoms with Crippen LogP contribution in [0.15, 0.2) is 18.3 Å². The normalized spacial score (nSPS) is 13.2. The summed E-state index contributed by atoms with van der Waals surface area (Å²) in [6.07, 6.45) is 0.931. The Morgan fingerprint density at radius 2 is 2.18 bits per heavy atom. The zero-order chi connectivity index (χ0) is 16.5. The van der Waals surface area contributed by atoms with Gasteiger partial charge in [-0.15, -0.1) is 11.3 Å². The molecule has 0 saturated heterocycles. The summed E-state index contributed by atoms with van der Waals surface area (Å²) in [6.45, 7) is 6.16. The first-order valence-corrected chi connectivity index (χ1v) is 8.13. The monoisotopic (exact) mass is 341 g/mol. The first-order chi connectivity index (χ1) is 10.2. The van der Waals surface area contributed by atoms with Crippen LogP contribution in [0.4, 0.5) is 0 Å². The molecule has 0 spiro atoms. The smallest absolute Gasteiger partial charge is 0.254 e. The van der Waals surface area contributed by atoms with Gasteiger partial charge in [0.05, 0.1) is 15.6 Å². The minimum absolute atomic E-state index is 0.133. The van der Waals surface area contributed by atoms with E-state index in [9.17, 15) is 9.90 Å². The van der Waals surface area contributed by atoms with Crippen LogP contribution in [0, 0.1) is 0 Å². The van der Waals surface area contributed by atoms with Crippen molar-refractivity contribution >= 4 is 28.8 Å². The summed E-state index contributed by atoms with van der Waals surface area (Å²) >= 11 is 7.15. The molecular formula is C15H20ClN3O2S. The van der Waals surface area contributed by atoms with Gasteiger partial charge >= 0.3 is 0 Å². The number of aliphatic hydroxyl groups is 1. The number of aliphatic hydroxyl groups excluding tert-OH is 1. The first-order valence-electron chi connectivity index (χ1n) is 6.94. The van der Waals surface area contributed by atoms with Gasteiger partial charge in [0.25, 0.3) is 5.91 Å². The number of amides is 1. The topological polar surface area (TPSA) is 67.2 Å². The van der Waals surface area contributed by atoms with Crippen LogP contribution < -0.4 is 5.32 Å². The fraction of sp³-hybridized carbons (Fsp3) is 0.467. The summed E-state index contributed by atoms with van der Waals surface area (Å²) < 4.78 is 2.24. The zero-order valence-corrected chi connectivity index (χ0v) is 14.6. The molecule has 2 N–H and O–H groups in total. The van der Waals surface area contributed by atoms with Crippen LogP contribution in [-0.2, 0) is 12.5 Å². The summed E-state index contributed by atoms with van der Waals surface area (Å²) in [5.74, 6) is -0.236. The Labute approximate surface area is 138 Å². The van der Waals surface area contributed by atoms with Crippen LogP contribution in [-0.4, -0.2) is 27.3 Å². The van der Waals surface area contributed by atoms with Gasteiger partial charge in [0.15, 0.2) is 0 Å². The van der Waals surface area contributed by atoms with E-state index >= 15 is 0 Å². The van der Waals surface area contributed by atoms with Gasteiger partial charge in [-0.1, -0.05) is 32.4 Å². The third-order valence-electron chi connectivity index (χ3n) is 3.16. The number of thiophene rings is 1. The number of nitrogens with zero attached hydrogens (tertiary/aromatic N) is 2. The van der Waals surface area contributed by atoms with E-state index in [2.05, 4.69) is 10.4 Å². The van der Waals surface area contributed by atoms with Gasteiger partial charge in [-0.3, -0.25) is 9.48 Å². The maximum atomic E-state index is 12.4. The molecule has 120 valence electrons. The Morgan fingerprint density at radius 1 is 1.50 bits per heavy atom. The lowest BCUT2D eigenvalue weighted by atomic mass is 9.89. The number of carbonyl (C=O) groups is 1. The van der Waals surface area contributed by atoms with Gasteiger partial charge in [0.2, 0.25) is 0 Å². The second-order valence-electron chi connectivity index (χ2n) is 6.18. The number of hydrogen-bond donors (Lipinski definition) is 2. The van der Waals surface area contributed by atoms with E-state index in [-0.39, 0.29) is 17.9 Å². The van der Waals surface area contributed by atoms with Crippen molar-refractivity contribution in [3.8, 4) is 0 Å². The minimum atomic E-state index is -0.767. The number of hydrogen-bond acceptors (Lipinski definition) is 4. The molecule has 0 bridgehead atoms. The summed E-state index contributed by atoms with van der Waals surface area (Å²) in [5.41, 5.74) is 1.04. The number of aryl methyl sites for hydroxylation is 1. The highest BCUT2D eigenvalue weighted by Crippen LogP contribution is 2.27. The molecule has 5 nitrogen and oxygen atoms in total. The SMILES string of the molecule is Cn1cc(C(=O)NCC(O)c2ccc(Cl)s2)c(C(C)(C)C)n1. The van der Waals surface area contributed by atoms with Crippen molar-refractivity contribution in [1.82, 2.24) is 15.1 Å². The van der Waals surface area contributed by atoms with Gasteiger partial charge in [-0.25, -0.2) is 0 Å². The van der Waals surface area contributed by atoms with Crippen molar-refractivity contribution < 1.29 is 9.90 Å². The Hall–Kier alpha value is -1.37. The van der Waals surface area contributed by atoms with Crippen molar-refractivity contribution in [2.45, 2.75) is 32.3 Å². The number of carbonyl (C=O) groups excluding carboxylic acids is 1. The predicted octanol–water partition coefficient (Wildman–Crippen LogP) is 2.90. The van der Waals surface area contributed by atoms with Gasteiger partial charge in [-0.05, 0) is 12.1 Å². The van der Waals surface area contributed by atoms with Crippen molar-refractivity contribution in [3.63, 3.8) is 0 Å². The Bertz CT molecular complexity index is 673. The maximum Gasteiger partial charge on any atom is 0.254 e. The van der Waals surface area contributed by atoms with Crippen LogP contribution in [0.1, 0.15) is 47.8 Å². The molecule has 1 atom stereocenters. The van der Waals surface area contributed by atoms with E-state index in [0.717, 1.165) is 10.6 Å². The summed E-state index contributed by atoms with van der Waals surface area (Å²) in [4.78, 5) is 13.1. The highest BCUT2D eigenvalue weighted by Gasteiger charge is 2.26. The van der Waals surface area contributed by atoms with Crippen molar-refractivity contribution in [3.05, 3.63) is 38.8 Å². The average molecular weight is 342 g/mol. The molecule has 2 rings (SSSR count). The minimum Gasteiger partial charge on any atom is -0.386 e. The molecule has 1 amide bonds. The lowest BCUT2D eigenvalue weighted by Gasteiger charge is -2.17. The van der Waals surface area contributed by atoms with Crippen LogP contribution in [0.3, 0.4) is 0 Å². The van der Waals surface area contributed by atoms with Gasteiger partial charge in [0, 0.05) is 30.1 Å². The fourth-order valence-corrected chi connectivity index (χ4v) is 3.15. The molecular weight excluding hydrogens is 322 g/mol. The second kappa shape index (κ2) is 6.40. The Morgan fingerprint density at radius 3 is 2.73 bits per heavy atom. The molecule has 0 fully saturated rings. The van der Waals surface area contributed by atoms with Gasteiger partial charge in [0.1, 0.15) is 6.10 Å². The van der Waals surface area contributed by atoms with E-state index in [0.29, 0.717) is 9.90 Å². The number of nitrogens with one attached hydrogen (secondary N) is 1. The average Bonchev–Trinajstić information content (AvgIpc) is 3.01. The molecule has 0 saturated carbocycles. The van der Waals surface area contributed by atoms with Crippen molar-refractivity contribution in [2.24, 2.45) is 7.05 Å². The quantitative estimate of drug-likeness (QED) is 0.898. The highest BCUT2D eigenvalue weighted by atomic mass is 35.5. The van der Waals surface area contributed by atoms with Crippen molar-refractivity contribution in [1.29, 1.82) is 0 Å². The van der Waals surface area contributed by atoms with Gasteiger partial charge in [-0.2, -0.15) is 5.10 Å². The lowest BCUT2D eigenvalue weighted by Crippen LogP contribution is -2.30. The summed E-state index contributed by atoms with van der Waals surface area (Å²) in [5, 5.41) is 17.2. The van der Waals surface area contributed by atoms with E-state index < -0.39 is 6.10 Å². The van der Waals surface area contributed by atoms with Crippen LogP contribution in [0.2, 0.25) is 4.34 Å². The predicted molar refractivity (Wildman–Crippen MR) is 88.5 cm³/mol. The van der Waals surface area contributed by atoms with Gasteiger partial charge < -0.3 is 10.4 Å². The Balaban J connectivity index is 2.07. The third-order valence-corrected chi connectivity index (χ3v) is 4.49. The maximum absolute atomic E-state index is 12.4. The first kappa shape index (κ1) is 17.0. The molecule has 1 unspecified atom stereocenters. The molecule has 0 aliphatic carbocycles. The second-order valence-corrected chi connectivity index (χ2v) is 7.93. The van der Waals surface area contributed by atoms with E-state index in [1.54, 1.807) is 30.1 Å². The van der Waals surface area contributed by atoms with Crippen LogP contribution in [0.5, 0.6) is 0 Å². The molecule has 0 aromatic carbocycles. The molecule has 2 heterocycles. The Kier molecular flexibility index (Phi) is 4.94. The van der Waals surface area contributed by atoms with Crippen LogP contribution in [0.25, 0.3) is 0 Å². The standard InChI is InChI=1S/C15H20ClN3O2S/c1-15(2,3)13-9(8-19(4)18-13)14(21)17-7-10(20)11-5-6-12(16)22-11/h5-6,8,10,20H,7H2,1-4H3,(H,17,21). The van der Waals surface area contributed by atoms with Crippen LogP contribution >= 0.6 is 22.9 Å².